The topological polar surface area (TPSA) is 58.6 Å². The molecular formula is C26H32N2O3. The van der Waals surface area contributed by atoms with Crippen LogP contribution in [-0.4, -0.2) is 35.9 Å². The third kappa shape index (κ3) is 3.93. The van der Waals surface area contributed by atoms with Gasteiger partial charge in [0.1, 0.15) is 5.75 Å². The van der Waals surface area contributed by atoms with Crippen molar-refractivity contribution in [3.63, 3.8) is 0 Å². The van der Waals surface area contributed by atoms with E-state index in [-0.39, 0.29) is 17.7 Å². The largest absolute Gasteiger partial charge is 0.497 e. The van der Waals surface area contributed by atoms with E-state index in [1.165, 1.54) is 0 Å². The Morgan fingerprint density at radius 3 is 2.45 bits per heavy atom. The van der Waals surface area contributed by atoms with Crippen LogP contribution in [0.2, 0.25) is 0 Å². The Labute approximate surface area is 184 Å². The number of methoxy groups -OCH3 is 1. The summed E-state index contributed by atoms with van der Waals surface area (Å²) in [7, 11) is 1.64. The Bertz CT molecular complexity index is 945. The summed E-state index contributed by atoms with van der Waals surface area (Å²) < 4.78 is 5.22. The molecule has 1 unspecified atom stereocenters. The minimum Gasteiger partial charge on any atom is -0.497 e. The van der Waals surface area contributed by atoms with Crippen LogP contribution in [0.1, 0.15) is 66.9 Å². The van der Waals surface area contributed by atoms with Gasteiger partial charge in [0.2, 0.25) is 5.91 Å². The zero-order chi connectivity index (χ0) is 22.0. The summed E-state index contributed by atoms with van der Waals surface area (Å²) in [6, 6.07) is 15.4. The number of carbonyl (C=O) groups is 2. The highest BCUT2D eigenvalue weighted by molar-refractivity contribution is 6.02. The summed E-state index contributed by atoms with van der Waals surface area (Å²) in [4.78, 5) is 29.2. The summed E-state index contributed by atoms with van der Waals surface area (Å²) >= 11 is 0. The number of hydrogen-bond donors (Lipinski definition) is 1. The molecule has 1 fully saturated rings. The number of nitrogens with zero attached hydrogens (tertiary/aromatic N) is 1. The van der Waals surface area contributed by atoms with E-state index in [4.69, 9.17) is 4.74 Å². The standard InChI is InChI=1S/C26H32N2O3/c1-18(2)17-28-25(30)22-9-5-4-8-21(22)23(26(28)14-6-7-15-26)24(29)27-16-19-10-12-20(31-3)13-11-19/h4-5,8-13,18,23H,6-7,14-17H2,1-3H3,(H,27,29). The average molecular weight is 421 g/mol. The van der Waals surface area contributed by atoms with Gasteiger partial charge in [-0.3, -0.25) is 9.59 Å². The maximum absolute atomic E-state index is 13.7. The van der Waals surface area contributed by atoms with Crippen molar-refractivity contribution < 1.29 is 14.3 Å². The first kappa shape index (κ1) is 21.4. The monoisotopic (exact) mass is 420 g/mol. The maximum Gasteiger partial charge on any atom is 0.254 e. The molecule has 5 heteroatoms. The van der Waals surface area contributed by atoms with Crippen molar-refractivity contribution in [3.8, 4) is 5.75 Å². The van der Waals surface area contributed by atoms with Crippen molar-refractivity contribution in [3.05, 3.63) is 65.2 Å². The first-order chi connectivity index (χ1) is 15.0. The van der Waals surface area contributed by atoms with Gasteiger partial charge in [-0.15, -0.1) is 0 Å². The van der Waals surface area contributed by atoms with Crippen LogP contribution in [0.15, 0.2) is 48.5 Å². The highest BCUT2D eigenvalue weighted by Crippen LogP contribution is 2.50. The molecule has 0 bridgehead atoms. The van der Waals surface area contributed by atoms with Gasteiger partial charge in [-0.1, -0.05) is 57.0 Å². The van der Waals surface area contributed by atoms with Crippen molar-refractivity contribution in [2.45, 2.75) is 57.5 Å². The van der Waals surface area contributed by atoms with Gasteiger partial charge < -0.3 is 15.0 Å². The lowest BCUT2D eigenvalue weighted by Gasteiger charge is -2.50. The quantitative estimate of drug-likeness (QED) is 0.748. The fourth-order valence-corrected chi connectivity index (χ4v) is 5.33. The van der Waals surface area contributed by atoms with Gasteiger partial charge in [-0.25, -0.2) is 0 Å². The first-order valence-electron chi connectivity index (χ1n) is 11.3. The number of hydrogen-bond acceptors (Lipinski definition) is 3. The van der Waals surface area contributed by atoms with Crippen LogP contribution in [0, 0.1) is 5.92 Å². The molecule has 2 aliphatic rings. The van der Waals surface area contributed by atoms with Gasteiger partial charge in [0.05, 0.1) is 18.6 Å². The van der Waals surface area contributed by atoms with Crippen molar-refractivity contribution in [2.75, 3.05) is 13.7 Å². The molecule has 0 aromatic heterocycles. The van der Waals surface area contributed by atoms with Crippen LogP contribution in [0.3, 0.4) is 0 Å². The summed E-state index contributed by atoms with van der Waals surface area (Å²) in [5.41, 5.74) is 2.14. The highest BCUT2D eigenvalue weighted by Gasteiger charge is 2.55. The van der Waals surface area contributed by atoms with Crippen molar-refractivity contribution in [2.24, 2.45) is 5.92 Å². The Balaban J connectivity index is 1.67. The van der Waals surface area contributed by atoms with Crippen LogP contribution < -0.4 is 10.1 Å². The van der Waals surface area contributed by atoms with Gasteiger partial charge in [-0.05, 0) is 48.1 Å². The first-order valence-corrected chi connectivity index (χ1v) is 11.3. The molecule has 2 aromatic rings. The fourth-order valence-electron chi connectivity index (χ4n) is 5.33. The Kier molecular flexibility index (Phi) is 6.03. The highest BCUT2D eigenvalue weighted by atomic mass is 16.5. The van der Waals surface area contributed by atoms with Crippen LogP contribution >= 0.6 is 0 Å². The molecule has 2 aromatic carbocycles. The van der Waals surface area contributed by atoms with Crippen LogP contribution in [0.5, 0.6) is 5.75 Å². The molecule has 0 radical (unpaired) electrons. The second-order valence-electron chi connectivity index (χ2n) is 9.21. The Morgan fingerprint density at radius 2 is 1.81 bits per heavy atom. The smallest absolute Gasteiger partial charge is 0.254 e. The summed E-state index contributed by atoms with van der Waals surface area (Å²) in [5, 5.41) is 3.17. The molecule has 1 spiro atoms. The summed E-state index contributed by atoms with van der Waals surface area (Å²) in [5.74, 6) is 0.872. The predicted octanol–water partition coefficient (Wildman–Crippen LogP) is 4.52. The molecule has 1 aliphatic carbocycles. The minimum absolute atomic E-state index is 0.00595. The fraction of sp³-hybridized carbons (Fsp3) is 0.462. The van der Waals surface area contributed by atoms with Gasteiger partial charge in [-0.2, -0.15) is 0 Å². The van der Waals surface area contributed by atoms with Gasteiger partial charge >= 0.3 is 0 Å². The normalized spacial score (nSPS) is 19.5. The van der Waals surface area contributed by atoms with E-state index >= 15 is 0 Å². The average Bonchev–Trinajstić information content (AvgIpc) is 3.25. The number of amides is 2. The number of rotatable bonds is 6. The van der Waals surface area contributed by atoms with Crippen LogP contribution in [0.4, 0.5) is 0 Å². The second-order valence-corrected chi connectivity index (χ2v) is 9.21. The van der Waals surface area contributed by atoms with E-state index in [1.807, 2.05) is 53.4 Å². The molecule has 1 atom stereocenters. The van der Waals surface area contributed by atoms with E-state index in [2.05, 4.69) is 19.2 Å². The predicted molar refractivity (Wildman–Crippen MR) is 121 cm³/mol. The van der Waals surface area contributed by atoms with E-state index in [0.29, 0.717) is 24.6 Å². The molecule has 1 heterocycles. The zero-order valence-corrected chi connectivity index (χ0v) is 18.7. The molecule has 1 N–H and O–H groups in total. The van der Waals surface area contributed by atoms with Crippen molar-refractivity contribution in [1.29, 1.82) is 0 Å². The lowest BCUT2D eigenvalue weighted by atomic mass is 9.70. The Morgan fingerprint density at radius 1 is 1.13 bits per heavy atom. The molecule has 5 nitrogen and oxygen atoms in total. The van der Waals surface area contributed by atoms with Crippen molar-refractivity contribution >= 4 is 11.8 Å². The molecule has 1 aliphatic heterocycles. The number of carbonyl (C=O) groups excluding carboxylic acids is 2. The van der Waals surface area contributed by atoms with Gasteiger partial charge in [0.15, 0.2) is 0 Å². The third-order valence-corrected chi connectivity index (χ3v) is 6.73. The van der Waals surface area contributed by atoms with Crippen LogP contribution in [-0.2, 0) is 11.3 Å². The molecule has 164 valence electrons. The van der Waals surface area contributed by atoms with Crippen molar-refractivity contribution in [1.82, 2.24) is 10.2 Å². The molecule has 4 rings (SSSR count). The van der Waals surface area contributed by atoms with E-state index in [1.54, 1.807) is 7.11 Å². The number of nitrogens with one attached hydrogen (secondary N) is 1. The second kappa shape index (κ2) is 8.74. The molecule has 1 saturated carbocycles. The van der Waals surface area contributed by atoms with Crippen LogP contribution in [0.25, 0.3) is 0 Å². The van der Waals surface area contributed by atoms with E-state index in [0.717, 1.165) is 42.6 Å². The van der Waals surface area contributed by atoms with Gasteiger partial charge in [0.25, 0.3) is 5.91 Å². The summed E-state index contributed by atoms with van der Waals surface area (Å²) in [6.07, 6.45) is 3.85. The number of ether oxygens (including phenoxy) is 1. The van der Waals surface area contributed by atoms with E-state index < -0.39 is 5.54 Å². The zero-order valence-electron chi connectivity index (χ0n) is 18.7. The molecule has 2 amide bonds. The molecule has 0 saturated heterocycles. The number of benzene rings is 2. The minimum atomic E-state index is -0.431. The maximum atomic E-state index is 13.7. The lowest BCUT2D eigenvalue weighted by Crippen LogP contribution is -2.61. The molecular weight excluding hydrogens is 388 g/mol. The van der Waals surface area contributed by atoms with E-state index in [9.17, 15) is 9.59 Å². The third-order valence-electron chi connectivity index (χ3n) is 6.73. The lowest BCUT2D eigenvalue weighted by molar-refractivity contribution is -0.126. The number of fused-ring (bicyclic) bond motifs is 1. The van der Waals surface area contributed by atoms with Gasteiger partial charge in [0, 0.05) is 18.7 Å². The molecule has 31 heavy (non-hydrogen) atoms. The SMILES string of the molecule is COc1ccc(CNC(=O)C2c3ccccc3C(=O)N(CC(C)C)C23CCCC3)cc1. The Hall–Kier alpha value is -2.82. The summed E-state index contributed by atoms with van der Waals surface area (Å²) in [6.45, 7) is 5.40.